The van der Waals surface area contributed by atoms with Gasteiger partial charge < -0.3 is 4.74 Å². The Balaban J connectivity index is 1.62. The molecule has 2 heterocycles. The lowest BCUT2D eigenvalue weighted by atomic mass is 10.3. The average Bonchev–Trinajstić information content (AvgIpc) is 3.14. The van der Waals surface area contributed by atoms with Crippen molar-refractivity contribution in [3.8, 4) is 5.75 Å². The number of benzene rings is 1. The molecule has 1 amide bonds. The van der Waals surface area contributed by atoms with Crippen LogP contribution in [0.15, 0.2) is 35.7 Å². The first-order valence-corrected chi connectivity index (χ1v) is 9.30. The quantitative estimate of drug-likeness (QED) is 0.654. The second-order valence-corrected chi connectivity index (χ2v) is 7.67. The molecule has 0 unspecified atom stereocenters. The summed E-state index contributed by atoms with van der Waals surface area (Å²) < 4.78 is 5.69. The van der Waals surface area contributed by atoms with Crippen molar-refractivity contribution in [3.63, 3.8) is 0 Å². The number of nitrogens with one attached hydrogen (secondary N) is 1. The third kappa shape index (κ3) is 3.95. The fourth-order valence-electron chi connectivity index (χ4n) is 1.98. The van der Waals surface area contributed by atoms with Crippen molar-refractivity contribution >= 4 is 45.3 Å². The minimum Gasteiger partial charge on any atom is -0.487 e. The van der Waals surface area contributed by atoms with Gasteiger partial charge in [0.25, 0.3) is 5.91 Å². The van der Waals surface area contributed by atoms with Crippen molar-refractivity contribution in [1.29, 1.82) is 0 Å². The van der Waals surface area contributed by atoms with Gasteiger partial charge in [0, 0.05) is 10.4 Å². The zero-order valence-electron chi connectivity index (χ0n) is 13.1. The van der Waals surface area contributed by atoms with Gasteiger partial charge >= 0.3 is 0 Å². The Morgan fingerprint density at radius 3 is 2.83 bits per heavy atom. The van der Waals surface area contributed by atoms with E-state index in [1.54, 1.807) is 6.07 Å². The number of nitrogens with zero attached hydrogens (tertiary/aromatic N) is 1. The van der Waals surface area contributed by atoms with Crippen LogP contribution in [0, 0.1) is 13.8 Å². The second kappa shape index (κ2) is 7.34. The molecular weight excluding hydrogens is 364 g/mol. The number of rotatable bonds is 5. The number of thiazole rings is 1. The fourth-order valence-corrected chi connectivity index (χ4v) is 3.77. The molecule has 0 radical (unpaired) electrons. The largest absolute Gasteiger partial charge is 0.487 e. The molecule has 3 rings (SSSR count). The van der Waals surface area contributed by atoms with Gasteiger partial charge in [-0.25, -0.2) is 4.98 Å². The van der Waals surface area contributed by atoms with Crippen molar-refractivity contribution in [1.82, 2.24) is 4.98 Å². The van der Waals surface area contributed by atoms with Crippen LogP contribution in [0.2, 0.25) is 5.02 Å². The monoisotopic (exact) mass is 378 g/mol. The van der Waals surface area contributed by atoms with Crippen LogP contribution in [0.3, 0.4) is 0 Å². The number of ether oxygens (including phenoxy) is 1. The van der Waals surface area contributed by atoms with E-state index < -0.39 is 0 Å². The van der Waals surface area contributed by atoms with Crippen molar-refractivity contribution in [2.45, 2.75) is 20.5 Å². The van der Waals surface area contributed by atoms with Crippen molar-refractivity contribution in [2.24, 2.45) is 0 Å². The van der Waals surface area contributed by atoms with Crippen molar-refractivity contribution in [2.75, 3.05) is 5.32 Å². The summed E-state index contributed by atoms with van der Waals surface area (Å²) in [5.41, 5.74) is 1.87. The van der Waals surface area contributed by atoms with Crippen LogP contribution in [0.25, 0.3) is 0 Å². The van der Waals surface area contributed by atoms with Gasteiger partial charge in [0.05, 0.1) is 15.6 Å². The number of aryl methyl sites for hydroxylation is 2. The normalized spacial score (nSPS) is 10.6. The Kier molecular flexibility index (Phi) is 5.18. The smallest absolute Gasteiger partial charge is 0.267 e. The summed E-state index contributed by atoms with van der Waals surface area (Å²) in [5, 5.41) is 5.93. The zero-order chi connectivity index (χ0) is 17.1. The van der Waals surface area contributed by atoms with Crippen LogP contribution in [0.5, 0.6) is 5.75 Å². The molecule has 0 aliphatic carbocycles. The molecule has 0 aliphatic heterocycles. The van der Waals surface area contributed by atoms with Crippen LogP contribution in [-0.2, 0) is 6.61 Å². The van der Waals surface area contributed by atoms with E-state index in [0.29, 0.717) is 27.4 Å². The van der Waals surface area contributed by atoms with Gasteiger partial charge in [0.1, 0.15) is 12.4 Å². The lowest BCUT2D eigenvalue weighted by Crippen LogP contribution is -2.09. The molecule has 0 atom stereocenters. The maximum atomic E-state index is 12.3. The molecule has 0 saturated carbocycles. The molecule has 4 nitrogen and oxygen atoms in total. The van der Waals surface area contributed by atoms with Crippen LogP contribution in [-0.4, -0.2) is 10.9 Å². The Hall–Kier alpha value is -1.89. The number of carbonyl (C=O) groups excluding carboxylic acids is 1. The number of hydrogen-bond acceptors (Lipinski definition) is 5. The zero-order valence-corrected chi connectivity index (χ0v) is 15.5. The van der Waals surface area contributed by atoms with E-state index in [0.717, 1.165) is 16.1 Å². The first kappa shape index (κ1) is 17.0. The number of amides is 1. The Labute approximate surface area is 153 Å². The molecule has 0 saturated heterocycles. The van der Waals surface area contributed by atoms with Crippen LogP contribution in [0.4, 0.5) is 5.13 Å². The predicted molar refractivity (Wildman–Crippen MR) is 99.6 cm³/mol. The molecular formula is C17H15ClN2O2S2. The van der Waals surface area contributed by atoms with Crippen LogP contribution >= 0.6 is 34.3 Å². The summed E-state index contributed by atoms with van der Waals surface area (Å²) in [6, 6.07) is 9.14. The first-order valence-electron chi connectivity index (χ1n) is 7.23. The molecule has 0 spiro atoms. The number of para-hydroxylation sites is 1. The number of anilines is 1. The van der Waals surface area contributed by atoms with Gasteiger partial charge in [0.15, 0.2) is 5.13 Å². The molecule has 1 aromatic carbocycles. The van der Waals surface area contributed by atoms with Gasteiger partial charge in [-0.05, 0) is 37.4 Å². The highest BCUT2D eigenvalue weighted by molar-refractivity contribution is 7.16. The van der Waals surface area contributed by atoms with Gasteiger partial charge in [-0.1, -0.05) is 23.7 Å². The lowest BCUT2D eigenvalue weighted by Gasteiger charge is -2.06. The van der Waals surface area contributed by atoms with E-state index >= 15 is 0 Å². The maximum Gasteiger partial charge on any atom is 0.267 e. The molecule has 124 valence electrons. The highest BCUT2D eigenvalue weighted by Gasteiger charge is 2.13. The third-order valence-corrected chi connectivity index (χ3v) is 5.64. The summed E-state index contributed by atoms with van der Waals surface area (Å²) in [4.78, 5) is 18.3. The maximum absolute atomic E-state index is 12.3. The van der Waals surface area contributed by atoms with E-state index in [-0.39, 0.29) is 5.91 Å². The molecule has 24 heavy (non-hydrogen) atoms. The van der Waals surface area contributed by atoms with Crippen molar-refractivity contribution in [3.05, 3.63) is 61.7 Å². The standard InChI is InChI=1S/C17H15ClN2O2S2/c1-10-11(2)24-17(19-10)20-16(21)15-7-12(9-23-15)8-22-14-6-4-3-5-13(14)18/h3-7,9H,8H2,1-2H3,(H,19,20,21). The number of halogens is 1. The molecule has 0 bridgehead atoms. The van der Waals surface area contributed by atoms with Gasteiger partial charge in [-0.2, -0.15) is 0 Å². The number of aromatic nitrogens is 1. The van der Waals surface area contributed by atoms with E-state index in [1.165, 1.54) is 22.7 Å². The molecule has 0 fully saturated rings. The topological polar surface area (TPSA) is 51.2 Å². The minimum absolute atomic E-state index is 0.155. The lowest BCUT2D eigenvalue weighted by molar-refractivity contribution is 0.103. The summed E-state index contributed by atoms with van der Waals surface area (Å²) in [5.74, 6) is 0.475. The minimum atomic E-state index is -0.155. The highest BCUT2D eigenvalue weighted by atomic mass is 35.5. The Morgan fingerprint density at radius 1 is 1.33 bits per heavy atom. The van der Waals surface area contributed by atoms with Crippen LogP contribution < -0.4 is 10.1 Å². The summed E-state index contributed by atoms with van der Waals surface area (Å²) in [7, 11) is 0. The van der Waals surface area contributed by atoms with Crippen LogP contribution in [0.1, 0.15) is 25.8 Å². The van der Waals surface area contributed by atoms with Gasteiger partial charge in [-0.15, -0.1) is 22.7 Å². The van der Waals surface area contributed by atoms with E-state index in [2.05, 4.69) is 10.3 Å². The molecule has 1 N–H and O–H groups in total. The second-order valence-electron chi connectivity index (χ2n) is 5.15. The Morgan fingerprint density at radius 2 is 2.12 bits per heavy atom. The SMILES string of the molecule is Cc1nc(NC(=O)c2cc(COc3ccccc3Cl)cs2)sc1C. The summed E-state index contributed by atoms with van der Waals surface area (Å²) >= 11 is 8.91. The van der Waals surface area contributed by atoms with Gasteiger partial charge in [-0.3, -0.25) is 10.1 Å². The third-order valence-electron chi connectivity index (χ3n) is 3.36. The number of hydrogen-bond donors (Lipinski definition) is 1. The summed E-state index contributed by atoms with van der Waals surface area (Å²) in [6.45, 7) is 4.28. The van der Waals surface area contributed by atoms with E-state index in [1.807, 2.05) is 43.5 Å². The summed E-state index contributed by atoms with van der Waals surface area (Å²) in [6.07, 6.45) is 0. The average molecular weight is 379 g/mol. The molecule has 2 aromatic heterocycles. The first-order chi connectivity index (χ1) is 11.5. The molecule has 0 aliphatic rings. The van der Waals surface area contributed by atoms with Gasteiger partial charge in [0.2, 0.25) is 0 Å². The fraction of sp³-hybridized carbons (Fsp3) is 0.176. The number of carbonyl (C=O) groups is 1. The van der Waals surface area contributed by atoms with Crippen molar-refractivity contribution < 1.29 is 9.53 Å². The number of thiophene rings is 1. The van der Waals surface area contributed by atoms with E-state index in [9.17, 15) is 4.79 Å². The molecule has 3 aromatic rings. The van der Waals surface area contributed by atoms with E-state index in [4.69, 9.17) is 16.3 Å². The molecule has 7 heteroatoms. The highest BCUT2D eigenvalue weighted by Crippen LogP contribution is 2.26. The predicted octanol–water partition coefficient (Wildman–Crippen LogP) is 5.31. The Bertz CT molecular complexity index is 854.